The maximum absolute atomic E-state index is 12.2. The molecule has 2 nitrogen and oxygen atoms in total. The minimum atomic E-state index is 0.173. The van der Waals surface area contributed by atoms with Gasteiger partial charge in [-0.1, -0.05) is 72.8 Å². The fourth-order valence-corrected chi connectivity index (χ4v) is 3.50. The molecule has 0 heterocycles. The Bertz CT molecular complexity index is 1000. The van der Waals surface area contributed by atoms with Crippen molar-refractivity contribution >= 4 is 27.5 Å². The van der Waals surface area contributed by atoms with Gasteiger partial charge in [0.2, 0.25) is 0 Å². The first-order valence-electron chi connectivity index (χ1n) is 9.00. The van der Waals surface area contributed by atoms with Crippen LogP contribution in [-0.4, -0.2) is 5.91 Å². The predicted molar refractivity (Wildman–Crippen MR) is 107 cm³/mol. The third kappa shape index (κ3) is 3.51. The van der Waals surface area contributed by atoms with Gasteiger partial charge in [-0.05, 0) is 33.7 Å². The normalized spacial score (nSPS) is 11.3. The van der Waals surface area contributed by atoms with Gasteiger partial charge in [0.25, 0.3) is 0 Å². The molecule has 0 aliphatic carbocycles. The van der Waals surface area contributed by atoms with E-state index >= 15 is 0 Å². The summed E-state index contributed by atoms with van der Waals surface area (Å²) in [6.07, 6.45) is 0. The summed E-state index contributed by atoms with van der Waals surface area (Å²) in [5.41, 5.74) is 2.38. The van der Waals surface area contributed by atoms with Crippen molar-refractivity contribution in [2.75, 3.05) is 0 Å². The highest BCUT2D eigenvalue weighted by molar-refractivity contribution is 5.83. The van der Waals surface area contributed by atoms with Gasteiger partial charge in [0.05, 0.1) is 6.92 Å². The Morgan fingerprint density at radius 3 is 1.50 bits per heavy atom. The molecule has 128 valence electrons. The number of carbonyl (C=O) groups is 1. The lowest BCUT2D eigenvalue weighted by molar-refractivity contribution is -0.848. The fraction of sp³-hybridized carbons (Fsp3) is 0.125. The summed E-state index contributed by atoms with van der Waals surface area (Å²) in [4.78, 5) is 13.2. The number of carbonyl (C=O) groups excluding carboxylic acids is 1. The fourth-order valence-electron chi connectivity index (χ4n) is 3.50. The molecule has 0 aromatic heterocycles. The maximum Gasteiger partial charge on any atom is 0.309 e. The molecule has 1 amide bonds. The zero-order chi connectivity index (χ0) is 17.9. The van der Waals surface area contributed by atoms with Crippen molar-refractivity contribution < 1.29 is 9.69 Å². The lowest BCUT2D eigenvalue weighted by Gasteiger charge is -2.16. The molecular weight excluding hydrogens is 318 g/mol. The SMILES string of the molecule is CC(=O)[NH+](Cc1ccc2ccccc2c1)Cc1ccc2ccccc2c1. The quantitative estimate of drug-likeness (QED) is 0.593. The van der Waals surface area contributed by atoms with Gasteiger partial charge in [-0.3, -0.25) is 4.90 Å². The number of nitrogens with one attached hydrogen (secondary N) is 1. The average Bonchev–Trinajstić information content (AvgIpc) is 2.67. The molecule has 2 heteroatoms. The first kappa shape index (κ1) is 16.5. The highest BCUT2D eigenvalue weighted by atomic mass is 16.2. The lowest BCUT2D eigenvalue weighted by Crippen LogP contribution is -3.11. The Labute approximate surface area is 153 Å². The molecule has 0 aliphatic rings. The Morgan fingerprint density at radius 1 is 0.654 bits per heavy atom. The number of amides is 1. The van der Waals surface area contributed by atoms with Gasteiger partial charge >= 0.3 is 5.91 Å². The van der Waals surface area contributed by atoms with Crippen molar-refractivity contribution in [1.29, 1.82) is 0 Å². The number of fused-ring (bicyclic) bond motifs is 2. The molecule has 0 spiro atoms. The van der Waals surface area contributed by atoms with Gasteiger partial charge in [0.1, 0.15) is 13.1 Å². The van der Waals surface area contributed by atoms with Crippen LogP contribution in [0.3, 0.4) is 0 Å². The second-order valence-electron chi connectivity index (χ2n) is 6.88. The second-order valence-corrected chi connectivity index (χ2v) is 6.88. The van der Waals surface area contributed by atoms with Crippen LogP contribution in [0.25, 0.3) is 21.5 Å². The van der Waals surface area contributed by atoms with Gasteiger partial charge in [-0.2, -0.15) is 0 Å². The van der Waals surface area contributed by atoms with Crippen molar-refractivity contribution in [3.8, 4) is 0 Å². The molecule has 0 atom stereocenters. The highest BCUT2D eigenvalue weighted by Crippen LogP contribution is 2.16. The highest BCUT2D eigenvalue weighted by Gasteiger charge is 2.16. The van der Waals surface area contributed by atoms with E-state index in [0.29, 0.717) is 13.1 Å². The van der Waals surface area contributed by atoms with E-state index in [-0.39, 0.29) is 5.91 Å². The molecule has 0 bridgehead atoms. The Morgan fingerprint density at radius 2 is 1.08 bits per heavy atom. The van der Waals surface area contributed by atoms with E-state index in [1.54, 1.807) is 6.92 Å². The van der Waals surface area contributed by atoms with Crippen LogP contribution in [-0.2, 0) is 17.9 Å². The summed E-state index contributed by atoms with van der Waals surface area (Å²) in [6.45, 7) is 3.08. The summed E-state index contributed by atoms with van der Waals surface area (Å²) in [5, 5.41) is 4.91. The summed E-state index contributed by atoms with van der Waals surface area (Å²) in [5.74, 6) is 0.173. The second kappa shape index (κ2) is 7.11. The van der Waals surface area contributed by atoms with Crippen LogP contribution in [0.5, 0.6) is 0 Å². The van der Waals surface area contributed by atoms with Gasteiger partial charge in [0, 0.05) is 11.1 Å². The largest absolute Gasteiger partial charge is 0.309 e. The van der Waals surface area contributed by atoms with Crippen LogP contribution >= 0.6 is 0 Å². The molecule has 0 saturated heterocycles. The van der Waals surface area contributed by atoms with Crippen LogP contribution in [0.15, 0.2) is 84.9 Å². The predicted octanol–water partition coefficient (Wildman–Crippen LogP) is 4.12. The van der Waals surface area contributed by atoms with Gasteiger partial charge < -0.3 is 0 Å². The average molecular weight is 340 g/mol. The van der Waals surface area contributed by atoms with Crippen molar-refractivity contribution in [3.63, 3.8) is 0 Å². The molecule has 4 aromatic carbocycles. The molecule has 4 aromatic rings. The smallest absolute Gasteiger partial charge is 0.265 e. The van der Waals surface area contributed by atoms with E-state index < -0.39 is 0 Å². The van der Waals surface area contributed by atoms with Crippen LogP contribution in [0.1, 0.15) is 18.1 Å². The standard InChI is InChI=1S/C24H21NO/c1-18(26)25(16-19-10-12-21-6-2-4-8-23(21)14-19)17-20-11-13-22-7-3-5-9-24(22)15-20/h2-15H,16-17H2,1H3/p+1. The topological polar surface area (TPSA) is 21.5 Å². The number of quaternary nitrogens is 1. The van der Waals surface area contributed by atoms with Crippen LogP contribution in [0.4, 0.5) is 0 Å². The van der Waals surface area contributed by atoms with Crippen LogP contribution < -0.4 is 4.90 Å². The van der Waals surface area contributed by atoms with E-state index in [9.17, 15) is 4.79 Å². The van der Waals surface area contributed by atoms with E-state index in [0.717, 1.165) is 4.90 Å². The van der Waals surface area contributed by atoms with Crippen molar-refractivity contribution in [3.05, 3.63) is 96.1 Å². The van der Waals surface area contributed by atoms with Crippen molar-refractivity contribution in [2.24, 2.45) is 0 Å². The molecule has 4 rings (SSSR count). The summed E-state index contributed by atoms with van der Waals surface area (Å²) in [6, 6.07) is 29.6. The van der Waals surface area contributed by atoms with E-state index in [1.165, 1.54) is 32.7 Å². The molecular formula is C24H22NO+. The van der Waals surface area contributed by atoms with Gasteiger partial charge in [-0.15, -0.1) is 0 Å². The minimum Gasteiger partial charge on any atom is -0.265 e. The summed E-state index contributed by atoms with van der Waals surface area (Å²) in [7, 11) is 0. The number of benzene rings is 4. The Kier molecular flexibility index (Phi) is 4.51. The zero-order valence-corrected chi connectivity index (χ0v) is 14.9. The molecule has 26 heavy (non-hydrogen) atoms. The number of hydrogen-bond acceptors (Lipinski definition) is 1. The number of hydrogen-bond donors (Lipinski definition) is 1. The molecule has 0 saturated carbocycles. The molecule has 1 N–H and O–H groups in total. The van der Waals surface area contributed by atoms with Gasteiger partial charge in [0.15, 0.2) is 0 Å². The summed E-state index contributed by atoms with van der Waals surface area (Å²) < 4.78 is 0. The van der Waals surface area contributed by atoms with Gasteiger partial charge in [-0.25, -0.2) is 4.79 Å². The van der Waals surface area contributed by atoms with E-state index in [4.69, 9.17) is 0 Å². The third-order valence-electron chi connectivity index (χ3n) is 4.96. The van der Waals surface area contributed by atoms with Crippen molar-refractivity contribution in [2.45, 2.75) is 20.0 Å². The zero-order valence-electron chi connectivity index (χ0n) is 14.9. The minimum absolute atomic E-state index is 0.173. The molecule has 0 fully saturated rings. The van der Waals surface area contributed by atoms with E-state index in [2.05, 4.69) is 84.9 Å². The molecule has 0 unspecified atom stereocenters. The molecule has 0 radical (unpaired) electrons. The lowest BCUT2D eigenvalue weighted by atomic mass is 10.1. The Hall–Kier alpha value is -2.97. The number of rotatable bonds is 4. The maximum atomic E-state index is 12.2. The third-order valence-corrected chi connectivity index (χ3v) is 4.96. The Balaban J connectivity index is 1.59. The molecule has 0 aliphatic heterocycles. The summed E-state index contributed by atoms with van der Waals surface area (Å²) >= 11 is 0. The first-order chi connectivity index (χ1) is 12.7. The van der Waals surface area contributed by atoms with Crippen LogP contribution in [0.2, 0.25) is 0 Å². The van der Waals surface area contributed by atoms with Crippen LogP contribution in [0, 0.1) is 0 Å². The monoisotopic (exact) mass is 340 g/mol. The van der Waals surface area contributed by atoms with E-state index in [1.807, 2.05) is 0 Å². The first-order valence-corrected chi connectivity index (χ1v) is 9.00. The van der Waals surface area contributed by atoms with Crippen molar-refractivity contribution in [1.82, 2.24) is 0 Å².